The third-order valence-electron chi connectivity index (χ3n) is 4.09. The smallest absolute Gasteiger partial charge is 0.278 e. The summed E-state index contributed by atoms with van der Waals surface area (Å²) in [5, 5.41) is 14.2. The second-order valence-corrected chi connectivity index (χ2v) is 6.97. The van der Waals surface area contributed by atoms with E-state index in [9.17, 15) is 9.59 Å². The number of carbonyl (C=O) groups is 2. The van der Waals surface area contributed by atoms with Gasteiger partial charge in [-0.3, -0.25) is 9.59 Å². The van der Waals surface area contributed by atoms with E-state index in [-0.39, 0.29) is 18.1 Å². The zero-order valence-electron chi connectivity index (χ0n) is 15.2. The van der Waals surface area contributed by atoms with Gasteiger partial charge in [-0.1, -0.05) is 46.6 Å². The van der Waals surface area contributed by atoms with E-state index in [0.717, 1.165) is 5.56 Å². The lowest BCUT2D eigenvalue weighted by Gasteiger charge is -2.09. The second-order valence-electron chi connectivity index (χ2n) is 6.12. The summed E-state index contributed by atoms with van der Waals surface area (Å²) in [4.78, 5) is 24.8. The Morgan fingerprint density at radius 1 is 1.04 bits per heavy atom. The van der Waals surface area contributed by atoms with Gasteiger partial charge in [-0.2, -0.15) is 0 Å². The number of aryl methyl sites for hydroxylation is 1. The van der Waals surface area contributed by atoms with Crippen molar-refractivity contribution in [1.82, 2.24) is 15.0 Å². The summed E-state index contributed by atoms with van der Waals surface area (Å²) < 4.78 is 1.36. The van der Waals surface area contributed by atoms with E-state index in [2.05, 4.69) is 20.9 Å². The lowest BCUT2D eigenvalue weighted by molar-refractivity contribution is -0.117. The number of nitrogens with zero attached hydrogens (tertiary/aromatic N) is 3. The number of benzene rings is 2. The highest BCUT2D eigenvalue weighted by Gasteiger charge is 2.19. The zero-order chi connectivity index (χ0) is 20.3. The molecule has 3 aromatic rings. The maximum Gasteiger partial charge on any atom is 0.278 e. The van der Waals surface area contributed by atoms with Crippen molar-refractivity contribution in [3.63, 3.8) is 0 Å². The third kappa shape index (κ3) is 4.49. The molecule has 0 unspecified atom stereocenters. The maximum absolute atomic E-state index is 12.5. The molecule has 0 spiro atoms. The quantitative estimate of drug-likeness (QED) is 0.653. The summed E-state index contributed by atoms with van der Waals surface area (Å²) in [6.07, 6.45) is 0. The fourth-order valence-corrected chi connectivity index (χ4v) is 2.87. The highest BCUT2D eigenvalue weighted by molar-refractivity contribution is 6.33. The van der Waals surface area contributed by atoms with Crippen molar-refractivity contribution in [2.75, 3.05) is 10.6 Å². The Kier molecular flexibility index (Phi) is 5.96. The molecule has 0 saturated carbocycles. The van der Waals surface area contributed by atoms with Crippen LogP contribution >= 0.6 is 23.2 Å². The van der Waals surface area contributed by atoms with Crippen LogP contribution in [0, 0.1) is 13.8 Å². The molecular formula is C19H17Cl2N5O2. The van der Waals surface area contributed by atoms with Gasteiger partial charge < -0.3 is 10.6 Å². The molecule has 0 atom stereocenters. The van der Waals surface area contributed by atoms with E-state index in [1.807, 2.05) is 13.0 Å². The Hall–Kier alpha value is -2.90. The SMILES string of the molecule is Cc1ccc(Cl)cc1NC(=O)Cn1nnc(C(=O)Nc2ccccc2Cl)c1C. The summed E-state index contributed by atoms with van der Waals surface area (Å²) in [7, 11) is 0. The van der Waals surface area contributed by atoms with Crippen LogP contribution < -0.4 is 10.6 Å². The van der Waals surface area contributed by atoms with Crippen molar-refractivity contribution < 1.29 is 9.59 Å². The number of rotatable bonds is 5. The third-order valence-corrected chi connectivity index (χ3v) is 4.65. The van der Waals surface area contributed by atoms with Crippen molar-refractivity contribution >= 4 is 46.4 Å². The average molecular weight is 418 g/mol. The monoisotopic (exact) mass is 417 g/mol. The molecule has 1 aromatic heterocycles. The highest BCUT2D eigenvalue weighted by Crippen LogP contribution is 2.22. The van der Waals surface area contributed by atoms with Crippen LogP contribution in [-0.2, 0) is 11.3 Å². The second kappa shape index (κ2) is 8.41. The zero-order valence-corrected chi connectivity index (χ0v) is 16.7. The molecule has 28 heavy (non-hydrogen) atoms. The van der Waals surface area contributed by atoms with Crippen LogP contribution in [0.15, 0.2) is 42.5 Å². The lowest BCUT2D eigenvalue weighted by Crippen LogP contribution is -2.21. The normalized spacial score (nSPS) is 10.6. The molecule has 0 aliphatic heterocycles. The van der Waals surface area contributed by atoms with Crippen molar-refractivity contribution in [2.45, 2.75) is 20.4 Å². The minimum Gasteiger partial charge on any atom is -0.324 e. The van der Waals surface area contributed by atoms with Gasteiger partial charge in [0.25, 0.3) is 5.91 Å². The molecule has 2 aromatic carbocycles. The standard InChI is InChI=1S/C19H17Cl2N5O2/c1-11-7-8-13(20)9-16(11)22-17(27)10-26-12(2)18(24-25-26)19(28)23-15-6-4-3-5-14(15)21/h3-9H,10H2,1-2H3,(H,22,27)(H,23,28). The summed E-state index contributed by atoms with van der Waals surface area (Å²) >= 11 is 12.0. The van der Waals surface area contributed by atoms with Gasteiger partial charge in [0.1, 0.15) is 6.54 Å². The van der Waals surface area contributed by atoms with Crippen LogP contribution in [0.4, 0.5) is 11.4 Å². The van der Waals surface area contributed by atoms with Crippen LogP contribution in [0.1, 0.15) is 21.7 Å². The van der Waals surface area contributed by atoms with Crippen LogP contribution in [0.5, 0.6) is 0 Å². The molecule has 2 N–H and O–H groups in total. The number of nitrogens with one attached hydrogen (secondary N) is 2. The van der Waals surface area contributed by atoms with Gasteiger partial charge in [-0.25, -0.2) is 4.68 Å². The highest BCUT2D eigenvalue weighted by atomic mass is 35.5. The van der Waals surface area contributed by atoms with Gasteiger partial charge in [0, 0.05) is 10.7 Å². The molecule has 3 rings (SSSR count). The fourth-order valence-electron chi connectivity index (χ4n) is 2.52. The maximum atomic E-state index is 12.5. The fraction of sp³-hybridized carbons (Fsp3) is 0.158. The minimum absolute atomic E-state index is 0.0931. The van der Waals surface area contributed by atoms with Gasteiger partial charge in [-0.15, -0.1) is 5.10 Å². The summed E-state index contributed by atoms with van der Waals surface area (Å²) in [5.41, 5.74) is 2.55. The molecule has 0 saturated heterocycles. The number of anilines is 2. The van der Waals surface area contributed by atoms with E-state index < -0.39 is 5.91 Å². The first kappa shape index (κ1) is 19.9. The van der Waals surface area contributed by atoms with Crippen LogP contribution in [0.2, 0.25) is 10.0 Å². The predicted octanol–water partition coefficient (Wildman–Crippen LogP) is 4.09. The first-order chi connectivity index (χ1) is 13.3. The molecule has 2 amide bonds. The van der Waals surface area contributed by atoms with Gasteiger partial charge in [0.2, 0.25) is 5.91 Å². The number of carbonyl (C=O) groups excluding carboxylic acids is 2. The molecule has 0 radical (unpaired) electrons. The molecule has 0 aliphatic rings. The van der Waals surface area contributed by atoms with Crippen molar-refractivity contribution in [3.8, 4) is 0 Å². The van der Waals surface area contributed by atoms with Crippen LogP contribution in [0.25, 0.3) is 0 Å². The Morgan fingerprint density at radius 3 is 2.54 bits per heavy atom. The molecule has 0 aliphatic carbocycles. The molecular weight excluding hydrogens is 401 g/mol. The average Bonchev–Trinajstić information content (AvgIpc) is 3.00. The van der Waals surface area contributed by atoms with Gasteiger partial charge in [-0.05, 0) is 43.7 Å². The largest absolute Gasteiger partial charge is 0.324 e. The van der Waals surface area contributed by atoms with E-state index in [0.29, 0.717) is 27.1 Å². The predicted molar refractivity (Wildman–Crippen MR) is 109 cm³/mol. The van der Waals surface area contributed by atoms with Crippen molar-refractivity contribution in [1.29, 1.82) is 0 Å². The number of amides is 2. The number of hydrogen-bond acceptors (Lipinski definition) is 4. The molecule has 0 bridgehead atoms. The van der Waals surface area contributed by atoms with E-state index >= 15 is 0 Å². The molecule has 1 heterocycles. The summed E-state index contributed by atoms with van der Waals surface area (Å²) in [5.74, 6) is -0.764. The first-order valence-electron chi connectivity index (χ1n) is 8.37. The molecule has 0 fully saturated rings. The molecule has 7 nitrogen and oxygen atoms in total. The Bertz CT molecular complexity index is 1050. The van der Waals surface area contributed by atoms with Crippen LogP contribution in [-0.4, -0.2) is 26.8 Å². The van der Waals surface area contributed by atoms with Gasteiger partial charge in [0.05, 0.1) is 16.4 Å². The Labute approximate surface area is 171 Å². The van der Waals surface area contributed by atoms with Crippen molar-refractivity contribution in [2.24, 2.45) is 0 Å². The number of para-hydroxylation sites is 1. The van der Waals surface area contributed by atoms with Gasteiger partial charge >= 0.3 is 0 Å². The van der Waals surface area contributed by atoms with E-state index in [4.69, 9.17) is 23.2 Å². The summed E-state index contributed by atoms with van der Waals surface area (Å²) in [6, 6.07) is 12.1. The first-order valence-corrected chi connectivity index (χ1v) is 9.12. The molecule has 9 heteroatoms. The lowest BCUT2D eigenvalue weighted by atomic mass is 10.2. The minimum atomic E-state index is -0.456. The molecule has 144 valence electrons. The van der Waals surface area contributed by atoms with E-state index in [1.54, 1.807) is 43.3 Å². The number of aromatic nitrogens is 3. The van der Waals surface area contributed by atoms with Crippen molar-refractivity contribution in [3.05, 3.63) is 69.5 Å². The van der Waals surface area contributed by atoms with E-state index in [1.165, 1.54) is 4.68 Å². The summed E-state index contributed by atoms with van der Waals surface area (Å²) in [6.45, 7) is 3.44. The van der Waals surface area contributed by atoms with Gasteiger partial charge in [0.15, 0.2) is 5.69 Å². The number of halogens is 2. The topological polar surface area (TPSA) is 88.9 Å². The van der Waals surface area contributed by atoms with Crippen LogP contribution in [0.3, 0.4) is 0 Å². The Balaban J connectivity index is 1.70. The Morgan fingerprint density at radius 2 is 1.79 bits per heavy atom. The number of hydrogen-bond donors (Lipinski definition) is 2.